The first-order chi connectivity index (χ1) is 12.3. The van der Waals surface area contributed by atoms with E-state index in [1.807, 2.05) is 0 Å². The Bertz CT molecular complexity index is 652. The summed E-state index contributed by atoms with van der Waals surface area (Å²) in [6.07, 6.45) is 0. The molecule has 0 aliphatic carbocycles. The average molecular weight is 405 g/mol. The largest absolute Gasteiger partial charge is 0.454 e. The minimum absolute atomic E-state index is 0.170. The maximum Gasteiger partial charge on any atom is 0.329 e. The number of halogens is 2. The standard InChI is InChI=1S/C17H22Cl2N2O5/c1-10(2)15(17(24)26-9-14(22)20-6-7-25-3)21-16(23)12-5-4-11(18)8-13(12)19/h4-5,8,10,15H,6-7,9H2,1-3H3,(H,20,22)(H,21,23)/t15-/m0/s1. The van der Waals surface area contributed by atoms with Gasteiger partial charge in [-0.25, -0.2) is 4.79 Å². The second-order valence-electron chi connectivity index (χ2n) is 5.77. The minimum Gasteiger partial charge on any atom is -0.454 e. The van der Waals surface area contributed by atoms with Gasteiger partial charge >= 0.3 is 5.97 Å². The van der Waals surface area contributed by atoms with Crippen LogP contribution in [-0.2, 0) is 19.1 Å². The number of amides is 2. The molecule has 0 spiro atoms. The summed E-state index contributed by atoms with van der Waals surface area (Å²) in [5.41, 5.74) is 0.187. The van der Waals surface area contributed by atoms with E-state index >= 15 is 0 Å². The Kier molecular flexibility index (Phi) is 9.40. The van der Waals surface area contributed by atoms with Gasteiger partial charge in [0.15, 0.2) is 6.61 Å². The van der Waals surface area contributed by atoms with Gasteiger partial charge < -0.3 is 20.1 Å². The van der Waals surface area contributed by atoms with Crippen LogP contribution in [0, 0.1) is 5.92 Å². The van der Waals surface area contributed by atoms with Crippen molar-refractivity contribution in [2.45, 2.75) is 19.9 Å². The van der Waals surface area contributed by atoms with Crippen LogP contribution in [0.1, 0.15) is 24.2 Å². The monoisotopic (exact) mass is 404 g/mol. The van der Waals surface area contributed by atoms with E-state index < -0.39 is 30.4 Å². The number of ether oxygens (including phenoxy) is 2. The first-order valence-corrected chi connectivity index (χ1v) is 8.70. The molecule has 1 aromatic carbocycles. The van der Waals surface area contributed by atoms with Gasteiger partial charge in [0.05, 0.1) is 17.2 Å². The van der Waals surface area contributed by atoms with E-state index in [9.17, 15) is 14.4 Å². The Labute approximate surface area is 162 Å². The van der Waals surface area contributed by atoms with Crippen molar-refractivity contribution in [2.75, 3.05) is 26.9 Å². The number of hydrogen-bond donors (Lipinski definition) is 2. The van der Waals surface area contributed by atoms with Gasteiger partial charge in [-0.1, -0.05) is 37.0 Å². The summed E-state index contributed by atoms with van der Waals surface area (Å²) < 4.78 is 9.78. The number of hydrogen-bond acceptors (Lipinski definition) is 5. The van der Waals surface area contributed by atoms with E-state index in [1.165, 1.54) is 25.3 Å². The predicted molar refractivity (Wildman–Crippen MR) is 98.4 cm³/mol. The highest BCUT2D eigenvalue weighted by molar-refractivity contribution is 6.36. The van der Waals surface area contributed by atoms with Crippen LogP contribution in [0.4, 0.5) is 0 Å². The van der Waals surface area contributed by atoms with Crippen molar-refractivity contribution in [3.63, 3.8) is 0 Å². The molecule has 0 saturated carbocycles. The van der Waals surface area contributed by atoms with E-state index in [0.717, 1.165) is 0 Å². The maximum absolute atomic E-state index is 12.4. The van der Waals surface area contributed by atoms with Gasteiger partial charge in [-0.15, -0.1) is 0 Å². The molecule has 0 unspecified atom stereocenters. The van der Waals surface area contributed by atoms with E-state index in [-0.39, 0.29) is 16.5 Å². The summed E-state index contributed by atoms with van der Waals surface area (Å²) in [6.45, 7) is 3.71. The van der Waals surface area contributed by atoms with Crippen molar-refractivity contribution < 1.29 is 23.9 Å². The summed E-state index contributed by atoms with van der Waals surface area (Å²) in [6, 6.07) is 3.49. The Morgan fingerprint density at radius 2 is 1.88 bits per heavy atom. The Morgan fingerprint density at radius 1 is 1.19 bits per heavy atom. The molecule has 144 valence electrons. The summed E-state index contributed by atoms with van der Waals surface area (Å²) >= 11 is 11.8. The second-order valence-corrected chi connectivity index (χ2v) is 6.61. The number of carbonyl (C=O) groups is 3. The number of benzene rings is 1. The zero-order chi connectivity index (χ0) is 19.7. The summed E-state index contributed by atoms with van der Waals surface area (Å²) in [5, 5.41) is 5.67. The molecule has 1 rings (SSSR count). The van der Waals surface area contributed by atoms with Crippen molar-refractivity contribution in [3.8, 4) is 0 Å². The third-order valence-corrected chi connectivity index (χ3v) is 3.90. The van der Waals surface area contributed by atoms with Crippen LogP contribution >= 0.6 is 23.2 Å². The summed E-state index contributed by atoms with van der Waals surface area (Å²) in [4.78, 5) is 36.2. The molecular weight excluding hydrogens is 383 g/mol. The van der Waals surface area contributed by atoms with E-state index in [1.54, 1.807) is 13.8 Å². The van der Waals surface area contributed by atoms with Crippen LogP contribution < -0.4 is 10.6 Å². The van der Waals surface area contributed by atoms with Crippen molar-refractivity contribution in [1.29, 1.82) is 0 Å². The van der Waals surface area contributed by atoms with Crippen molar-refractivity contribution in [1.82, 2.24) is 10.6 Å². The second kappa shape index (κ2) is 11.0. The molecule has 2 N–H and O–H groups in total. The molecular formula is C17H22Cl2N2O5. The number of rotatable bonds is 9. The summed E-state index contributed by atoms with van der Waals surface area (Å²) in [5.74, 6) is -1.95. The van der Waals surface area contributed by atoms with E-state index in [0.29, 0.717) is 18.2 Å². The molecule has 1 atom stereocenters. The van der Waals surface area contributed by atoms with Gasteiger partial charge in [-0.2, -0.15) is 0 Å². The van der Waals surface area contributed by atoms with Crippen LogP contribution in [-0.4, -0.2) is 50.7 Å². The molecule has 1 aromatic rings. The fourth-order valence-electron chi connectivity index (χ4n) is 1.96. The number of methoxy groups -OCH3 is 1. The fourth-order valence-corrected chi connectivity index (χ4v) is 2.45. The molecule has 0 aromatic heterocycles. The molecule has 0 saturated heterocycles. The quantitative estimate of drug-likeness (QED) is 0.485. The van der Waals surface area contributed by atoms with Gasteiger partial charge in [-0.05, 0) is 24.1 Å². The molecule has 26 heavy (non-hydrogen) atoms. The number of carbonyl (C=O) groups excluding carboxylic acids is 3. The topological polar surface area (TPSA) is 93.7 Å². The lowest BCUT2D eigenvalue weighted by atomic mass is 10.0. The van der Waals surface area contributed by atoms with Crippen LogP contribution in [0.25, 0.3) is 0 Å². The van der Waals surface area contributed by atoms with Gasteiger partial charge in [-0.3, -0.25) is 9.59 Å². The molecule has 0 heterocycles. The SMILES string of the molecule is COCCNC(=O)COC(=O)[C@@H](NC(=O)c1ccc(Cl)cc1Cl)C(C)C. The van der Waals surface area contributed by atoms with Gasteiger partial charge in [0, 0.05) is 18.7 Å². The third kappa shape index (κ3) is 7.19. The van der Waals surface area contributed by atoms with Crippen LogP contribution in [0.5, 0.6) is 0 Å². The van der Waals surface area contributed by atoms with Crippen LogP contribution in [0.3, 0.4) is 0 Å². The maximum atomic E-state index is 12.4. The van der Waals surface area contributed by atoms with Gasteiger partial charge in [0.25, 0.3) is 11.8 Å². The van der Waals surface area contributed by atoms with E-state index in [4.69, 9.17) is 32.7 Å². The highest BCUT2D eigenvalue weighted by Crippen LogP contribution is 2.21. The number of nitrogens with one attached hydrogen (secondary N) is 2. The van der Waals surface area contributed by atoms with Gasteiger partial charge in [0.2, 0.25) is 0 Å². The third-order valence-electron chi connectivity index (χ3n) is 3.36. The zero-order valence-electron chi connectivity index (χ0n) is 14.8. The molecule has 0 aliphatic rings. The minimum atomic E-state index is -0.930. The lowest BCUT2D eigenvalue weighted by molar-refractivity contribution is -0.151. The first-order valence-electron chi connectivity index (χ1n) is 7.94. The highest BCUT2D eigenvalue weighted by atomic mass is 35.5. The predicted octanol–water partition coefficient (Wildman–Crippen LogP) is 2.05. The van der Waals surface area contributed by atoms with Crippen molar-refractivity contribution in [2.24, 2.45) is 5.92 Å². The Morgan fingerprint density at radius 3 is 2.46 bits per heavy atom. The molecule has 7 nitrogen and oxygen atoms in total. The normalized spacial score (nSPS) is 11.8. The summed E-state index contributed by atoms with van der Waals surface area (Å²) in [7, 11) is 1.51. The molecule has 2 amide bonds. The van der Waals surface area contributed by atoms with Crippen LogP contribution in [0.15, 0.2) is 18.2 Å². The molecule has 9 heteroatoms. The smallest absolute Gasteiger partial charge is 0.329 e. The fraction of sp³-hybridized carbons (Fsp3) is 0.471. The molecule has 0 aliphatic heterocycles. The molecule has 0 fully saturated rings. The average Bonchev–Trinajstić information content (AvgIpc) is 2.57. The van der Waals surface area contributed by atoms with Gasteiger partial charge in [0.1, 0.15) is 6.04 Å². The molecule has 0 radical (unpaired) electrons. The van der Waals surface area contributed by atoms with Crippen molar-refractivity contribution >= 4 is 41.0 Å². The first kappa shape index (κ1) is 22.2. The Balaban J connectivity index is 2.65. The highest BCUT2D eigenvalue weighted by Gasteiger charge is 2.27. The lowest BCUT2D eigenvalue weighted by Gasteiger charge is -2.21. The van der Waals surface area contributed by atoms with Crippen molar-refractivity contribution in [3.05, 3.63) is 33.8 Å². The Hall–Kier alpha value is -1.83. The number of esters is 1. The molecule has 0 bridgehead atoms. The lowest BCUT2D eigenvalue weighted by Crippen LogP contribution is -2.46. The zero-order valence-corrected chi connectivity index (χ0v) is 16.3. The van der Waals surface area contributed by atoms with Crippen LogP contribution in [0.2, 0.25) is 10.0 Å². The van der Waals surface area contributed by atoms with E-state index in [2.05, 4.69) is 10.6 Å².